The van der Waals surface area contributed by atoms with E-state index in [1.807, 2.05) is 0 Å². The van der Waals surface area contributed by atoms with E-state index in [-0.39, 0.29) is 101 Å². The molecule has 0 aliphatic carbocycles. The van der Waals surface area contributed by atoms with Gasteiger partial charge in [0.15, 0.2) is 34.7 Å². The summed E-state index contributed by atoms with van der Waals surface area (Å²) in [6.45, 7) is 0. The minimum Gasteiger partial charge on any atom is 0 e. The Morgan fingerprint density at radius 1 is 0.800 bits per heavy atom. The Morgan fingerprint density at radius 3 is 0.800 bits per heavy atom. The molecule has 0 amide bonds. The standard InChI is InChI=1S/2Al.BH3.La.Nb.6H/h;;1H3;;;;;;;;. The van der Waals surface area contributed by atoms with Gasteiger partial charge in [-0.3, -0.25) is 0 Å². The summed E-state index contributed by atoms with van der Waals surface area (Å²) in [5.74, 6) is 0. The molecule has 0 nitrogen and oxygen atoms in total. The number of rotatable bonds is 0. The van der Waals surface area contributed by atoms with E-state index in [1.165, 1.54) is 0 Å². The molecular weight excluding hydrogens is 297 g/mol. The van der Waals surface area contributed by atoms with Crippen molar-refractivity contribution in [2.45, 2.75) is 0 Å². The first-order valence-corrected chi connectivity index (χ1v) is 0. The van der Waals surface area contributed by atoms with Crippen LogP contribution in [0, 0.1) is 35.6 Å². The van der Waals surface area contributed by atoms with Crippen molar-refractivity contribution < 1.29 is 58.0 Å². The molecule has 5 heteroatoms. The maximum absolute atomic E-state index is 0. The van der Waals surface area contributed by atoms with Gasteiger partial charge in [-0.1, -0.05) is 0 Å². The van der Waals surface area contributed by atoms with Crippen molar-refractivity contribution in [2.75, 3.05) is 0 Å². The summed E-state index contributed by atoms with van der Waals surface area (Å²) in [5, 5.41) is 0. The molecule has 0 bridgehead atoms. The molecule has 0 saturated heterocycles. The second kappa shape index (κ2) is 27.7. The smallest absolute Gasteiger partial charge is 0 e. The predicted octanol–water partition coefficient (Wildman–Crippen LogP) is -3.55. The maximum Gasteiger partial charge on any atom is 0.187 e. The zero-order valence-electron chi connectivity index (χ0n) is 1.02. The maximum atomic E-state index is 0. The molecule has 0 unspecified atom stereocenters. The van der Waals surface area contributed by atoms with Gasteiger partial charge in [0.05, 0.1) is 8.41 Å². The summed E-state index contributed by atoms with van der Waals surface area (Å²) >= 11 is 0. The minimum absolute atomic E-state index is 0. The average Bonchev–Trinajstić information content (AvgIpc) is 0. The summed E-state index contributed by atoms with van der Waals surface area (Å²) in [7, 11) is 0. The van der Waals surface area contributed by atoms with Gasteiger partial charge >= 0.3 is 0 Å². The normalized spacial score (nSPS) is 0. The van der Waals surface area contributed by atoms with Crippen molar-refractivity contribution in [1.82, 2.24) is 0 Å². The third-order valence-corrected chi connectivity index (χ3v) is 0. The molecule has 2 radical (unpaired) electrons. The number of hydrogen-bond acceptors (Lipinski definition) is 0. The van der Waals surface area contributed by atoms with Crippen LogP contribution in [0.4, 0.5) is 0 Å². The summed E-state index contributed by atoms with van der Waals surface area (Å²) < 4.78 is 0. The monoisotopic (exact) mass is 306 g/mol. The van der Waals surface area contributed by atoms with Crippen LogP contribution in [-0.2, 0) is 22.4 Å². The zero-order chi connectivity index (χ0) is 0. The Bertz CT molecular complexity index is 9.61. The summed E-state index contributed by atoms with van der Waals surface area (Å²) in [6, 6.07) is 0. The molecule has 0 aromatic rings. The zero-order valence-corrected chi connectivity index (χ0v) is 6.85. The summed E-state index contributed by atoms with van der Waals surface area (Å²) in [5.41, 5.74) is 0. The fourth-order valence-corrected chi connectivity index (χ4v) is 0. The first kappa shape index (κ1) is 42.9. The number of hydrogen-bond donors (Lipinski definition) is 0. The minimum atomic E-state index is 0. The second-order valence-electron chi connectivity index (χ2n) is 0. The van der Waals surface area contributed by atoms with Crippen LogP contribution in [0.25, 0.3) is 0 Å². The Hall–Kier alpha value is 3.06. The Morgan fingerprint density at radius 2 is 0.800 bits per heavy atom. The van der Waals surface area contributed by atoms with E-state index in [0.29, 0.717) is 0 Å². The van der Waals surface area contributed by atoms with E-state index in [4.69, 9.17) is 0 Å². The van der Waals surface area contributed by atoms with Gasteiger partial charge in [0, 0.05) is 58.0 Å². The quantitative estimate of drug-likeness (QED) is 0.407. The molecule has 0 spiro atoms. The first-order chi connectivity index (χ1) is 0. The Labute approximate surface area is 99.2 Å². The van der Waals surface area contributed by atoms with Crippen molar-refractivity contribution in [1.29, 1.82) is 0 Å². The summed E-state index contributed by atoms with van der Waals surface area (Å²) in [6.07, 6.45) is 0. The van der Waals surface area contributed by atoms with Gasteiger partial charge in [-0.25, -0.2) is 0 Å². The first-order valence-electron chi connectivity index (χ1n) is 0. The van der Waals surface area contributed by atoms with Crippen LogP contribution in [0.15, 0.2) is 0 Å². The van der Waals surface area contributed by atoms with Crippen LogP contribution in [-0.4, -0.2) is 43.1 Å². The van der Waals surface area contributed by atoms with Crippen molar-refractivity contribution in [3.8, 4) is 0 Å². The van der Waals surface area contributed by atoms with E-state index in [0.717, 1.165) is 0 Å². The molecule has 0 saturated carbocycles. The van der Waals surface area contributed by atoms with Crippen LogP contribution < -0.4 is 0 Å². The summed E-state index contributed by atoms with van der Waals surface area (Å²) in [4.78, 5) is 0. The average molecular weight is 306 g/mol. The molecule has 0 rings (SSSR count). The van der Waals surface area contributed by atoms with Crippen LogP contribution in [0.1, 0.15) is 0 Å². The van der Waals surface area contributed by atoms with Gasteiger partial charge in [0.1, 0.15) is 0 Å². The van der Waals surface area contributed by atoms with Gasteiger partial charge in [0.25, 0.3) is 0 Å². The topological polar surface area (TPSA) is 0 Å². The third kappa shape index (κ3) is 19.3. The van der Waals surface area contributed by atoms with E-state index < -0.39 is 0 Å². The molecule has 26 valence electrons. The van der Waals surface area contributed by atoms with Crippen molar-refractivity contribution in [2.24, 2.45) is 0 Å². The van der Waals surface area contributed by atoms with Gasteiger partial charge in [-0.2, -0.15) is 0 Å². The second-order valence-corrected chi connectivity index (χ2v) is 0. The van der Waals surface area contributed by atoms with Gasteiger partial charge in [-0.15, -0.1) is 0 Å². The molecular formula is H9Al2BLaNb. The molecule has 0 aromatic carbocycles. The SMILES string of the molecule is B.[AlH3].[AlH3].[La].[Nb]. The molecule has 0 aliphatic rings. The van der Waals surface area contributed by atoms with Crippen molar-refractivity contribution in [3.05, 3.63) is 0 Å². The largest absolute Gasteiger partial charge is 0.187 e. The van der Waals surface area contributed by atoms with Gasteiger partial charge in [-0.05, 0) is 0 Å². The van der Waals surface area contributed by atoms with Crippen LogP contribution in [0.2, 0.25) is 0 Å². The molecule has 0 heterocycles. The fourth-order valence-electron chi connectivity index (χ4n) is 0. The van der Waals surface area contributed by atoms with E-state index in [1.54, 1.807) is 0 Å². The van der Waals surface area contributed by atoms with E-state index >= 15 is 0 Å². The van der Waals surface area contributed by atoms with Crippen LogP contribution in [0.5, 0.6) is 0 Å². The Balaban J connectivity index is 0. The van der Waals surface area contributed by atoms with Crippen molar-refractivity contribution >= 4 is 43.1 Å². The van der Waals surface area contributed by atoms with E-state index in [9.17, 15) is 0 Å². The molecule has 0 fully saturated rings. The molecule has 0 aromatic heterocycles. The molecule has 0 aliphatic heterocycles. The van der Waals surface area contributed by atoms with Crippen molar-refractivity contribution in [3.63, 3.8) is 0 Å². The van der Waals surface area contributed by atoms with Crippen LogP contribution >= 0.6 is 0 Å². The molecule has 0 atom stereocenters. The van der Waals surface area contributed by atoms with Gasteiger partial charge in [0.2, 0.25) is 0 Å². The van der Waals surface area contributed by atoms with E-state index in [2.05, 4.69) is 0 Å². The van der Waals surface area contributed by atoms with Gasteiger partial charge < -0.3 is 0 Å². The fraction of sp³-hybridized carbons (Fsp3) is 0. The molecule has 5 heavy (non-hydrogen) atoms. The third-order valence-electron chi connectivity index (χ3n) is 0. The predicted molar refractivity (Wildman–Crippen MR) is 29.8 cm³/mol. The van der Waals surface area contributed by atoms with Crippen LogP contribution in [0.3, 0.4) is 0 Å². The Kier molecular flexibility index (Phi) is 237. The molecule has 0 N–H and O–H groups in total.